The molecule has 1 heterocycles. The first-order valence-corrected chi connectivity index (χ1v) is 6.85. The van der Waals surface area contributed by atoms with Crippen molar-refractivity contribution in [2.45, 2.75) is 30.7 Å². The molecule has 0 saturated carbocycles. The van der Waals surface area contributed by atoms with Crippen molar-refractivity contribution in [3.05, 3.63) is 12.1 Å². The number of ether oxygens (including phenoxy) is 4. The summed E-state index contributed by atoms with van der Waals surface area (Å²) >= 11 is 0. The van der Waals surface area contributed by atoms with Gasteiger partial charge in [-0.15, -0.1) is 0 Å². The van der Waals surface area contributed by atoms with Crippen LogP contribution in [0.4, 0.5) is 0 Å². The van der Waals surface area contributed by atoms with Gasteiger partial charge in [-0.2, -0.15) is 0 Å². The Hall–Kier alpha value is -1.78. The smallest absolute Gasteiger partial charge is 0.229 e. The van der Waals surface area contributed by atoms with E-state index in [9.17, 15) is 20.4 Å². The second kappa shape index (κ2) is 7.20. The van der Waals surface area contributed by atoms with E-state index in [0.29, 0.717) is 0 Å². The molecule has 1 fully saturated rings. The van der Waals surface area contributed by atoms with E-state index < -0.39 is 37.3 Å². The lowest BCUT2D eigenvalue weighted by molar-refractivity contribution is -0.277. The van der Waals surface area contributed by atoms with E-state index in [1.54, 1.807) is 0 Å². The zero-order valence-corrected chi connectivity index (χ0v) is 12.6. The highest BCUT2D eigenvalue weighted by atomic mass is 16.7. The molecule has 130 valence electrons. The van der Waals surface area contributed by atoms with Crippen molar-refractivity contribution >= 4 is 0 Å². The number of aliphatic hydroxyl groups is 4. The molecule has 5 N–H and O–H groups in total. The molecular formula is C14H20O9. The van der Waals surface area contributed by atoms with Crippen LogP contribution in [0.15, 0.2) is 12.1 Å². The van der Waals surface area contributed by atoms with E-state index in [4.69, 9.17) is 24.1 Å². The molecule has 1 aliphatic rings. The zero-order valence-electron chi connectivity index (χ0n) is 12.6. The van der Waals surface area contributed by atoms with Crippen LogP contribution < -0.4 is 14.2 Å². The summed E-state index contributed by atoms with van der Waals surface area (Å²) in [6.45, 7) is -0.562. The van der Waals surface area contributed by atoms with Crippen LogP contribution in [-0.4, -0.2) is 77.1 Å². The van der Waals surface area contributed by atoms with Crippen LogP contribution in [0.3, 0.4) is 0 Å². The Morgan fingerprint density at radius 1 is 1.00 bits per heavy atom. The van der Waals surface area contributed by atoms with E-state index in [0.717, 1.165) is 0 Å². The molecule has 0 amide bonds. The van der Waals surface area contributed by atoms with Crippen LogP contribution in [-0.2, 0) is 4.74 Å². The SMILES string of the molecule is COc1cc(O[C@@H]2O[C@H](CO)[C@H](O)[C@H](O)[C@H]2O)cc(OC)c1O. The van der Waals surface area contributed by atoms with Gasteiger partial charge in [-0.1, -0.05) is 0 Å². The third-order valence-electron chi connectivity index (χ3n) is 3.55. The predicted molar refractivity (Wildman–Crippen MR) is 75.6 cm³/mol. The van der Waals surface area contributed by atoms with Gasteiger partial charge in [-0.05, 0) is 0 Å². The molecule has 0 aromatic heterocycles. The van der Waals surface area contributed by atoms with Crippen LogP contribution in [0.2, 0.25) is 0 Å². The van der Waals surface area contributed by atoms with Crippen LogP contribution in [0.1, 0.15) is 0 Å². The van der Waals surface area contributed by atoms with Gasteiger partial charge in [0.1, 0.15) is 30.2 Å². The fourth-order valence-corrected chi connectivity index (χ4v) is 2.24. The van der Waals surface area contributed by atoms with Gasteiger partial charge in [0.2, 0.25) is 12.0 Å². The third-order valence-corrected chi connectivity index (χ3v) is 3.55. The minimum absolute atomic E-state index is 0.0731. The second-order valence-electron chi connectivity index (χ2n) is 4.99. The van der Waals surface area contributed by atoms with E-state index in [-0.39, 0.29) is 23.0 Å². The van der Waals surface area contributed by atoms with E-state index in [2.05, 4.69) is 0 Å². The number of aliphatic hydroxyl groups excluding tert-OH is 4. The van der Waals surface area contributed by atoms with Gasteiger partial charge in [0, 0.05) is 12.1 Å². The zero-order chi connectivity index (χ0) is 17.1. The average molecular weight is 332 g/mol. The summed E-state index contributed by atoms with van der Waals surface area (Å²) in [7, 11) is 2.68. The summed E-state index contributed by atoms with van der Waals surface area (Å²) in [4.78, 5) is 0. The number of phenolic OH excluding ortho intramolecular Hbond substituents is 1. The molecule has 2 rings (SSSR count). The van der Waals surface area contributed by atoms with Gasteiger partial charge in [-0.25, -0.2) is 0 Å². The molecule has 1 aliphatic heterocycles. The first-order valence-electron chi connectivity index (χ1n) is 6.85. The number of phenols is 1. The maximum Gasteiger partial charge on any atom is 0.229 e. The lowest BCUT2D eigenvalue weighted by atomic mass is 9.99. The third kappa shape index (κ3) is 3.43. The van der Waals surface area contributed by atoms with Gasteiger partial charge in [0.05, 0.1) is 20.8 Å². The topological polar surface area (TPSA) is 138 Å². The molecule has 1 saturated heterocycles. The van der Waals surface area contributed by atoms with Crippen molar-refractivity contribution in [1.82, 2.24) is 0 Å². The summed E-state index contributed by atoms with van der Waals surface area (Å²) in [5, 5.41) is 48.4. The quantitative estimate of drug-likeness (QED) is 0.440. The number of aromatic hydroxyl groups is 1. The summed E-state index contributed by atoms with van der Waals surface area (Å²) in [6.07, 6.45) is -6.99. The molecule has 0 aliphatic carbocycles. The maximum atomic E-state index is 9.94. The number of rotatable bonds is 5. The molecular weight excluding hydrogens is 312 g/mol. The number of hydrogen-bond acceptors (Lipinski definition) is 9. The summed E-state index contributed by atoms with van der Waals surface area (Å²) in [6, 6.07) is 2.67. The number of benzene rings is 1. The van der Waals surface area contributed by atoms with Crippen molar-refractivity contribution < 1.29 is 44.5 Å². The van der Waals surface area contributed by atoms with E-state index in [1.165, 1.54) is 26.4 Å². The lowest BCUT2D eigenvalue weighted by Crippen LogP contribution is -2.60. The fourth-order valence-electron chi connectivity index (χ4n) is 2.24. The Kier molecular flexibility index (Phi) is 5.50. The van der Waals surface area contributed by atoms with E-state index in [1.807, 2.05) is 0 Å². The Labute approximate surface area is 132 Å². The Morgan fingerprint density at radius 3 is 2.04 bits per heavy atom. The number of methoxy groups -OCH3 is 2. The van der Waals surface area contributed by atoms with Crippen molar-refractivity contribution in [2.24, 2.45) is 0 Å². The molecule has 0 unspecified atom stereocenters. The van der Waals surface area contributed by atoms with Crippen molar-refractivity contribution in [3.63, 3.8) is 0 Å². The Morgan fingerprint density at radius 2 is 1.57 bits per heavy atom. The van der Waals surface area contributed by atoms with Crippen LogP contribution in [0.5, 0.6) is 23.0 Å². The average Bonchev–Trinajstić information content (AvgIpc) is 2.56. The van der Waals surface area contributed by atoms with Crippen molar-refractivity contribution in [1.29, 1.82) is 0 Å². The molecule has 5 atom stereocenters. The molecule has 1 aromatic carbocycles. The van der Waals surface area contributed by atoms with Gasteiger partial charge in [-0.3, -0.25) is 0 Å². The minimum Gasteiger partial charge on any atom is -0.502 e. The molecule has 23 heavy (non-hydrogen) atoms. The highest BCUT2D eigenvalue weighted by Crippen LogP contribution is 2.40. The molecule has 0 bridgehead atoms. The highest BCUT2D eigenvalue weighted by molar-refractivity contribution is 5.54. The minimum atomic E-state index is -1.55. The summed E-state index contributed by atoms with van der Waals surface area (Å²) in [5.41, 5.74) is 0. The first-order chi connectivity index (χ1) is 10.9. The molecule has 0 radical (unpaired) electrons. The first kappa shape index (κ1) is 17.6. The molecule has 0 spiro atoms. The highest BCUT2D eigenvalue weighted by Gasteiger charge is 2.44. The lowest BCUT2D eigenvalue weighted by Gasteiger charge is -2.39. The van der Waals surface area contributed by atoms with Gasteiger partial charge in [0.25, 0.3) is 0 Å². The largest absolute Gasteiger partial charge is 0.502 e. The normalized spacial score (nSPS) is 30.8. The van der Waals surface area contributed by atoms with Crippen molar-refractivity contribution in [3.8, 4) is 23.0 Å². The summed E-state index contributed by atoms with van der Waals surface area (Å²) < 4.78 is 20.6. The van der Waals surface area contributed by atoms with E-state index >= 15 is 0 Å². The van der Waals surface area contributed by atoms with Gasteiger partial charge >= 0.3 is 0 Å². The predicted octanol–water partition coefficient (Wildman–Crippen LogP) is -1.41. The summed E-state index contributed by atoms with van der Waals surface area (Å²) in [5.74, 6) is 0.0462. The standard InChI is InChI=1S/C14H20O9/c1-20-7-3-6(4-8(21-2)10(7)16)22-14-13(19)12(18)11(17)9(5-15)23-14/h3-4,9,11-19H,5H2,1-2H3/t9-,11+,12+,13-,14-/m1/s1. The number of hydrogen-bond donors (Lipinski definition) is 5. The Bertz CT molecular complexity index is 508. The van der Waals surface area contributed by atoms with Gasteiger partial charge < -0.3 is 44.5 Å². The Balaban J connectivity index is 2.24. The van der Waals surface area contributed by atoms with Gasteiger partial charge in [0.15, 0.2) is 11.5 Å². The second-order valence-corrected chi connectivity index (χ2v) is 4.99. The van der Waals surface area contributed by atoms with Crippen LogP contribution in [0, 0.1) is 0 Å². The maximum absolute atomic E-state index is 9.94. The molecule has 9 heteroatoms. The monoisotopic (exact) mass is 332 g/mol. The van der Waals surface area contributed by atoms with Crippen LogP contribution in [0.25, 0.3) is 0 Å². The van der Waals surface area contributed by atoms with Crippen molar-refractivity contribution in [2.75, 3.05) is 20.8 Å². The molecule has 9 nitrogen and oxygen atoms in total. The van der Waals surface area contributed by atoms with Crippen LogP contribution >= 0.6 is 0 Å². The molecule has 1 aromatic rings. The fraction of sp³-hybridized carbons (Fsp3) is 0.571.